The number of ether oxygens (including phenoxy) is 1. The number of nitrogens with zero attached hydrogens (tertiary/aromatic N) is 1. The fraction of sp³-hybridized carbons (Fsp3) is 0.0909. The third-order valence-corrected chi connectivity index (χ3v) is 5.31. The van der Waals surface area contributed by atoms with Crippen molar-refractivity contribution >= 4 is 51.3 Å². The number of rotatable bonds is 7. The molecule has 0 fully saturated rings. The Hall–Kier alpha value is -2.38. The van der Waals surface area contributed by atoms with Crippen LogP contribution in [0.4, 0.5) is 0 Å². The van der Waals surface area contributed by atoms with E-state index < -0.39 is 12.0 Å². The second-order valence-corrected chi connectivity index (χ2v) is 7.96. The third kappa shape index (κ3) is 6.06. The van der Waals surface area contributed by atoms with Gasteiger partial charge >= 0.3 is 0 Å². The summed E-state index contributed by atoms with van der Waals surface area (Å²) in [5, 5.41) is 15.0. The lowest BCUT2D eigenvalue weighted by atomic mass is 10.1. The van der Waals surface area contributed by atoms with Crippen molar-refractivity contribution in [2.75, 3.05) is 0 Å². The van der Waals surface area contributed by atoms with Crippen molar-refractivity contribution in [3.05, 3.63) is 97.9 Å². The Morgan fingerprint density at radius 1 is 1.13 bits per heavy atom. The molecule has 30 heavy (non-hydrogen) atoms. The number of aliphatic hydroxyl groups excluding tert-OH is 1. The molecule has 0 bridgehead atoms. The van der Waals surface area contributed by atoms with Gasteiger partial charge in [-0.15, -0.1) is 0 Å². The fourth-order valence-corrected chi connectivity index (χ4v) is 3.50. The molecule has 0 unspecified atom stereocenters. The van der Waals surface area contributed by atoms with Crippen molar-refractivity contribution in [2.45, 2.75) is 12.7 Å². The Bertz CT molecular complexity index is 1060. The molecular weight excluding hydrogens is 491 g/mol. The van der Waals surface area contributed by atoms with E-state index in [4.69, 9.17) is 27.9 Å². The van der Waals surface area contributed by atoms with Crippen LogP contribution in [-0.2, 0) is 11.4 Å². The number of benzene rings is 3. The number of aliphatic hydroxyl groups is 1. The molecule has 5 nitrogen and oxygen atoms in total. The smallest absolute Gasteiger partial charge is 0.273 e. The lowest BCUT2D eigenvalue weighted by Gasteiger charge is -2.10. The zero-order valence-electron chi connectivity index (χ0n) is 15.6. The van der Waals surface area contributed by atoms with Gasteiger partial charge in [-0.1, -0.05) is 59.6 Å². The van der Waals surface area contributed by atoms with Crippen LogP contribution in [0.2, 0.25) is 10.0 Å². The molecule has 0 aliphatic heterocycles. The molecule has 3 rings (SSSR count). The summed E-state index contributed by atoms with van der Waals surface area (Å²) in [5.41, 5.74) is 4.37. The van der Waals surface area contributed by atoms with E-state index in [1.54, 1.807) is 54.6 Å². The van der Waals surface area contributed by atoms with E-state index in [0.717, 1.165) is 11.1 Å². The minimum absolute atomic E-state index is 0.287. The lowest BCUT2D eigenvalue weighted by Crippen LogP contribution is -2.25. The molecule has 0 aliphatic carbocycles. The molecule has 1 atom stereocenters. The largest absolute Gasteiger partial charge is 0.488 e. The molecule has 0 saturated heterocycles. The molecule has 0 radical (unpaired) electrons. The third-order valence-electron chi connectivity index (χ3n) is 4.11. The monoisotopic (exact) mass is 506 g/mol. The van der Waals surface area contributed by atoms with Gasteiger partial charge in [-0.2, -0.15) is 5.10 Å². The van der Waals surface area contributed by atoms with Gasteiger partial charge in [0.2, 0.25) is 0 Å². The number of carbonyl (C=O) groups excluding carboxylic acids is 1. The summed E-state index contributed by atoms with van der Waals surface area (Å²) in [6.07, 6.45) is 0.186. The first kappa shape index (κ1) is 22.3. The number of hydrazone groups is 1. The van der Waals surface area contributed by atoms with E-state index in [0.29, 0.717) is 25.8 Å². The average Bonchev–Trinajstić information content (AvgIpc) is 2.74. The van der Waals surface area contributed by atoms with Gasteiger partial charge < -0.3 is 9.84 Å². The first-order valence-corrected chi connectivity index (χ1v) is 10.4. The normalized spacial score (nSPS) is 12.0. The van der Waals surface area contributed by atoms with E-state index in [1.807, 2.05) is 12.1 Å². The molecule has 0 heterocycles. The predicted molar refractivity (Wildman–Crippen MR) is 122 cm³/mol. The molecule has 3 aromatic rings. The molecule has 0 saturated carbocycles. The van der Waals surface area contributed by atoms with Gasteiger partial charge in [-0.25, -0.2) is 5.43 Å². The van der Waals surface area contributed by atoms with Gasteiger partial charge in [0, 0.05) is 15.6 Å². The highest BCUT2D eigenvalue weighted by molar-refractivity contribution is 9.10. The van der Waals surface area contributed by atoms with Crippen LogP contribution in [0.15, 0.2) is 76.3 Å². The SMILES string of the molecule is O=C(N/N=C\c1ccc(OCc2ccc(Cl)cc2Cl)c(Br)c1)[C@H](O)c1ccccc1. The molecule has 2 N–H and O–H groups in total. The molecule has 0 spiro atoms. The van der Waals surface area contributed by atoms with Crippen LogP contribution in [0.5, 0.6) is 5.75 Å². The second-order valence-electron chi connectivity index (χ2n) is 6.26. The Morgan fingerprint density at radius 3 is 2.60 bits per heavy atom. The summed E-state index contributed by atoms with van der Waals surface area (Å²) in [7, 11) is 0. The lowest BCUT2D eigenvalue weighted by molar-refractivity contribution is -0.129. The maximum atomic E-state index is 12.0. The van der Waals surface area contributed by atoms with Crippen LogP contribution < -0.4 is 10.2 Å². The average molecular weight is 508 g/mol. The number of hydrogen-bond acceptors (Lipinski definition) is 4. The maximum Gasteiger partial charge on any atom is 0.273 e. The first-order valence-electron chi connectivity index (χ1n) is 8.86. The topological polar surface area (TPSA) is 70.9 Å². The van der Waals surface area contributed by atoms with Gasteiger partial charge in [0.15, 0.2) is 6.10 Å². The molecule has 0 aliphatic rings. The number of halogens is 3. The maximum absolute atomic E-state index is 12.0. The van der Waals surface area contributed by atoms with Crippen molar-refractivity contribution in [3.8, 4) is 5.75 Å². The van der Waals surface area contributed by atoms with Crippen LogP contribution in [0.1, 0.15) is 22.8 Å². The fourth-order valence-electron chi connectivity index (χ4n) is 2.53. The zero-order valence-corrected chi connectivity index (χ0v) is 18.7. The van der Waals surface area contributed by atoms with E-state index in [1.165, 1.54) is 6.21 Å². The predicted octanol–water partition coefficient (Wildman–Crippen LogP) is 5.52. The highest BCUT2D eigenvalue weighted by atomic mass is 79.9. The number of amides is 1. The van der Waals surface area contributed by atoms with Crippen molar-refractivity contribution in [1.82, 2.24) is 5.43 Å². The summed E-state index contributed by atoms with van der Waals surface area (Å²) in [4.78, 5) is 12.0. The minimum Gasteiger partial charge on any atom is -0.488 e. The number of carbonyl (C=O) groups is 1. The van der Waals surface area contributed by atoms with Gasteiger partial charge in [0.1, 0.15) is 12.4 Å². The Balaban J connectivity index is 1.57. The number of hydrogen-bond donors (Lipinski definition) is 2. The van der Waals surface area contributed by atoms with E-state index in [2.05, 4.69) is 26.5 Å². The molecule has 8 heteroatoms. The van der Waals surface area contributed by atoms with Crippen LogP contribution in [0.25, 0.3) is 0 Å². The number of nitrogens with one attached hydrogen (secondary N) is 1. The van der Waals surface area contributed by atoms with Crippen LogP contribution in [0.3, 0.4) is 0 Å². The summed E-state index contributed by atoms with van der Waals surface area (Å²) in [6, 6.07) is 19.2. The van der Waals surface area contributed by atoms with Crippen LogP contribution in [0, 0.1) is 0 Å². The summed E-state index contributed by atoms with van der Waals surface area (Å²) in [6.45, 7) is 0.287. The van der Waals surface area contributed by atoms with E-state index >= 15 is 0 Å². The molecule has 3 aromatic carbocycles. The molecule has 154 valence electrons. The standard InChI is InChI=1S/C22H17BrCl2N2O3/c23-18-10-14(12-26-27-22(29)21(28)15-4-2-1-3-5-15)6-9-20(18)30-13-16-7-8-17(24)11-19(16)25/h1-12,21,28H,13H2,(H,27,29)/b26-12-/t21-/m1/s1. The Morgan fingerprint density at radius 2 is 1.90 bits per heavy atom. The molecule has 1 amide bonds. The van der Waals surface area contributed by atoms with Crippen LogP contribution in [-0.4, -0.2) is 17.2 Å². The molecule has 0 aromatic heterocycles. The van der Waals surface area contributed by atoms with Gasteiger partial charge in [0.05, 0.1) is 10.7 Å². The minimum atomic E-state index is -1.29. The highest BCUT2D eigenvalue weighted by Crippen LogP contribution is 2.28. The summed E-state index contributed by atoms with van der Waals surface area (Å²) < 4.78 is 6.51. The second kappa shape index (κ2) is 10.6. The Kier molecular flexibility index (Phi) is 7.87. The van der Waals surface area contributed by atoms with E-state index in [-0.39, 0.29) is 6.61 Å². The van der Waals surface area contributed by atoms with E-state index in [9.17, 15) is 9.90 Å². The summed E-state index contributed by atoms with van der Waals surface area (Å²) >= 11 is 15.5. The van der Waals surface area contributed by atoms with Crippen molar-refractivity contribution in [2.24, 2.45) is 5.10 Å². The van der Waals surface area contributed by atoms with Crippen molar-refractivity contribution < 1.29 is 14.6 Å². The summed E-state index contributed by atoms with van der Waals surface area (Å²) in [5.74, 6) is 0.0121. The Labute approximate surface area is 192 Å². The van der Waals surface area contributed by atoms with Gasteiger partial charge in [0.25, 0.3) is 5.91 Å². The first-order chi connectivity index (χ1) is 14.4. The van der Waals surface area contributed by atoms with Crippen molar-refractivity contribution in [3.63, 3.8) is 0 Å². The van der Waals surface area contributed by atoms with Crippen LogP contribution >= 0.6 is 39.1 Å². The zero-order chi connectivity index (χ0) is 21.5. The van der Waals surface area contributed by atoms with Crippen molar-refractivity contribution in [1.29, 1.82) is 0 Å². The van der Waals surface area contributed by atoms with Gasteiger partial charge in [-0.3, -0.25) is 4.79 Å². The quantitative estimate of drug-likeness (QED) is 0.327. The highest BCUT2D eigenvalue weighted by Gasteiger charge is 2.16. The van der Waals surface area contributed by atoms with Gasteiger partial charge in [-0.05, 0) is 57.4 Å². The molecular formula is C22H17BrCl2N2O3.